The number of nitrogens with zero attached hydrogens (tertiary/aromatic N) is 2. The Morgan fingerprint density at radius 2 is 2.24 bits per heavy atom. The molecule has 1 aromatic heterocycles. The zero-order chi connectivity index (χ0) is 15.4. The predicted octanol–water partition coefficient (Wildman–Crippen LogP) is 3.18. The lowest BCUT2D eigenvalue weighted by Crippen LogP contribution is -2.09. The highest BCUT2D eigenvalue weighted by atomic mass is 32.1. The summed E-state index contributed by atoms with van der Waals surface area (Å²) >= 11 is 0.988. The average molecular weight is 306 g/mol. The molecule has 0 spiro atoms. The Morgan fingerprint density at radius 3 is 2.86 bits per heavy atom. The van der Waals surface area contributed by atoms with Gasteiger partial charge in [-0.2, -0.15) is 0 Å². The van der Waals surface area contributed by atoms with Gasteiger partial charge in [-0.25, -0.2) is 4.98 Å². The van der Waals surface area contributed by atoms with Crippen molar-refractivity contribution in [2.45, 2.75) is 19.9 Å². The van der Waals surface area contributed by atoms with E-state index >= 15 is 0 Å². The number of carbonyl (C=O) groups is 1. The second-order valence-corrected chi connectivity index (χ2v) is 5.44. The molecular weight excluding hydrogens is 292 g/mol. The minimum absolute atomic E-state index is 0.00306. The van der Waals surface area contributed by atoms with Gasteiger partial charge in [0.05, 0.1) is 11.0 Å². The Bertz CT molecular complexity index is 671. The first-order chi connectivity index (χ1) is 9.95. The van der Waals surface area contributed by atoms with Crippen molar-refractivity contribution in [2.24, 2.45) is 0 Å². The summed E-state index contributed by atoms with van der Waals surface area (Å²) in [6, 6.07) is 7.30. The molecule has 0 saturated carbocycles. The first-order valence-corrected chi connectivity index (χ1v) is 7.01. The summed E-state index contributed by atoms with van der Waals surface area (Å²) in [5, 5.41) is 16.9. The second-order valence-electron chi connectivity index (χ2n) is 4.43. The fourth-order valence-electron chi connectivity index (χ4n) is 1.77. The van der Waals surface area contributed by atoms with Gasteiger partial charge in [-0.1, -0.05) is 12.1 Å². The molecule has 8 heteroatoms. The van der Waals surface area contributed by atoms with Crippen molar-refractivity contribution in [3.63, 3.8) is 0 Å². The number of amides is 1. The molecule has 0 fully saturated rings. The molecule has 0 aliphatic rings. The van der Waals surface area contributed by atoms with Gasteiger partial charge in [0.1, 0.15) is 6.20 Å². The van der Waals surface area contributed by atoms with Crippen molar-refractivity contribution >= 4 is 33.1 Å². The van der Waals surface area contributed by atoms with E-state index in [1.807, 2.05) is 25.1 Å². The third-order valence-electron chi connectivity index (χ3n) is 2.72. The number of hydrogen-bond donors (Lipinski definition) is 2. The minimum Gasteiger partial charge on any atom is -0.355 e. The highest BCUT2D eigenvalue weighted by molar-refractivity contribution is 7.18. The van der Waals surface area contributed by atoms with Crippen LogP contribution in [0, 0.1) is 10.1 Å². The molecule has 1 heterocycles. The van der Waals surface area contributed by atoms with E-state index in [9.17, 15) is 14.9 Å². The summed E-state index contributed by atoms with van der Waals surface area (Å²) in [5.74, 6) is -0.136. The Kier molecular flexibility index (Phi) is 4.49. The first-order valence-electron chi connectivity index (χ1n) is 6.20. The maximum absolute atomic E-state index is 11.1. The molecule has 1 atom stereocenters. The van der Waals surface area contributed by atoms with Crippen molar-refractivity contribution in [2.75, 3.05) is 10.6 Å². The number of thiazole rings is 1. The highest BCUT2D eigenvalue weighted by Crippen LogP contribution is 2.28. The van der Waals surface area contributed by atoms with E-state index in [1.165, 1.54) is 13.1 Å². The summed E-state index contributed by atoms with van der Waals surface area (Å²) in [6.07, 6.45) is 1.23. The van der Waals surface area contributed by atoms with Crippen LogP contribution < -0.4 is 10.6 Å². The normalized spacial score (nSPS) is 11.7. The van der Waals surface area contributed by atoms with Gasteiger partial charge < -0.3 is 10.6 Å². The number of nitro groups is 1. The lowest BCUT2D eigenvalue weighted by molar-refractivity contribution is -0.380. The van der Waals surface area contributed by atoms with Crippen LogP contribution in [0.1, 0.15) is 25.5 Å². The number of nitrogens with one attached hydrogen (secondary N) is 2. The number of anilines is 2. The van der Waals surface area contributed by atoms with E-state index in [1.54, 1.807) is 6.07 Å². The molecular formula is C13H14N4O3S. The lowest BCUT2D eigenvalue weighted by Gasteiger charge is -2.14. The summed E-state index contributed by atoms with van der Waals surface area (Å²) in [5.41, 5.74) is 1.65. The molecule has 1 aromatic carbocycles. The predicted molar refractivity (Wildman–Crippen MR) is 81.6 cm³/mol. The van der Waals surface area contributed by atoms with Gasteiger partial charge in [-0.3, -0.25) is 14.9 Å². The third-order valence-corrected chi connectivity index (χ3v) is 3.60. The molecule has 0 bridgehead atoms. The van der Waals surface area contributed by atoms with Crippen LogP contribution in [-0.4, -0.2) is 15.8 Å². The molecule has 0 aliphatic carbocycles. The molecule has 0 radical (unpaired) electrons. The summed E-state index contributed by atoms with van der Waals surface area (Å²) < 4.78 is 0. The number of benzene rings is 1. The zero-order valence-electron chi connectivity index (χ0n) is 11.5. The fraction of sp³-hybridized carbons (Fsp3) is 0.231. The fourth-order valence-corrected chi connectivity index (χ4v) is 2.49. The van der Waals surface area contributed by atoms with Gasteiger partial charge >= 0.3 is 5.00 Å². The summed E-state index contributed by atoms with van der Waals surface area (Å²) in [6.45, 7) is 3.36. The van der Waals surface area contributed by atoms with E-state index in [-0.39, 0.29) is 17.0 Å². The van der Waals surface area contributed by atoms with Gasteiger partial charge in [-0.15, -0.1) is 0 Å². The Morgan fingerprint density at radius 1 is 1.48 bits per heavy atom. The molecule has 0 saturated heterocycles. The molecule has 0 aliphatic heterocycles. The average Bonchev–Trinajstić information content (AvgIpc) is 2.87. The van der Waals surface area contributed by atoms with Gasteiger partial charge in [0.2, 0.25) is 5.91 Å². The number of aromatic nitrogens is 1. The lowest BCUT2D eigenvalue weighted by atomic mass is 10.1. The molecule has 21 heavy (non-hydrogen) atoms. The van der Waals surface area contributed by atoms with E-state index in [4.69, 9.17) is 0 Å². The molecule has 2 N–H and O–H groups in total. The number of hydrogen-bond acceptors (Lipinski definition) is 6. The Balaban J connectivity index is 2.10. The standard InChI is InChI=1S/C13H14N4O3S/c1-8(15-13-14-7-12(21-13)17(19)20)10-4-3-5-11(6-10)16-9(2)18/h3-8H,1-2H3,(H,14,15)(H,16,18). The van der Waals surface area contributed by atoms with Crippen LogP contribution in [0.25, 0.3) is 0 Å². The van der Waals surface area contributed by atoms with Crippen LogP contribution >= 0.6 is 11.3 Å². The van der Waals surface area contributed by atoms with Crippen LogP contribution in [0.3, 0.4) is 0 Å². The zero-order valence-corrected chi connectivity index (χ0v) is 12.3. The highest BCUT2D eigenvalue weighted by Gasteiger charge is 2.14. The van der Waals surface area contributed by atoms with E-state index in [2.05, 4.69) is 15.6 Å². The maximum atomic E-state index is 11.1. The van der Waals surface area contributed by atoms with Gasteiger partial charge in [0.25, 0.3) is 0 Å². The first kappa shape index (κ1) is 14.9. The largest absolute Gasteiger partial charge is 0.355 e. The molecule has 7 nitrogen and oxygen atoms in total. The van der Waals surface area contributed by atoms with Crippen molar-refractivity contribution in [3.05, 3.63) is 46.1 Å². The number of carbonyl (C=O) groups excluding carboxylic acids is 1. The summed E-state index contributed by atoms with van der Waals surface area (Å²) in [7, 11) is 0. The Hall–Kier alpha value is -2.48. The Labute approximate surface area is 125 Å². The van der Waals surface area contributed by atoms with Crippen LogP contribution in [0.4, 0.5) is 15.8 Å². The van der Waals surface area contributed by atoms with E-state index in [0.717, 1.165) is 16.9 Å². The van der Waals surface area contributed by atoms with Crippen molar-refractivity contribution in [1.82, 2.24) is 4.98 Å². The van der Waals surface area contributed by atoms with Gasteiger partial charge in [0.15, 0.2) is 5.13 Å². The van der Waals surface area contributed by atoms with Gasteiger partial charge in [-0.05, 0) is 36.0 Å². The van der Waals surface area contributed by atoms with Crippen molar-refractivity contribution < 1.29 is 9.72 Å². The SMILES string of the molecule is CC(=O)Nc1cccc(C(C)Nc2ncc([N+](=O)[O-])s2)c1. The molecule has 1 amide bonds. The monoisotopic (exact) mass is 306 g/mol. The molecule has 2 aromatic rings. The third kappa shape index (κ3) is 3.99. The van der Waals surface area contributed by atoms with Crippen LogP contribution in [-0.2, 0) is 4.79 Å². The maximum Gasteiger partial charge on any atom is 0.345 e. The molecule has 110 valence electrons. The topological polar surface area (TPSA) is 97.2 Å². The van der Waals surface area contributed by atoms with Crippen molar-refractivity contribution in [1.29, 1.82) is 0 Å². The van der Waals surface area contributed by atoms with E-state index in [0.29, 0.717) is 10.8 Å². The second kappa shape index (κ2) is 6.31. The van der Waals surface area contributed by atoms with E-state index < -0.39 is 4.92 Å². The molecule has 1 unspecified atom stereocenters. The van der Waals surface area contributed by atoms with Gasteiger partial charge in [0, 0.05) is 12.6 Å². The van der Waals surface area contributed by atoms with Crippen molar-refractivity contribution in [3.8, 4) is 0 Å². The summed E-state index contributed by atoms with van der Waals surface area (Å²) in [4.78, 5) is 25.2. The molecule has 2 rings (SSSR count). The van der Waals surface area contributed by atoms with Crippen LogP contribution in [0.15, 0.2) is 30.5 Å². The quantitative estimate of drug-likeness (QED) is 0.653. The minimum atomic E-state index is -0.467. The van der Waals surface area contributed by atoms with Crippen LogP contribution in [0.2, 0.25) is 0 Å². The van der Waals surface area contributed by atoms with Crippen LogP contribution in [0.5, 0.6) is 0 Å². The number of rotatable bonds is 5. The smallest absolute Gasteiger partial charge is 0.345 e.